The Morgan fingerprint density at radius 2 is 2.00 bits per heavy atom. The van der Waals surface area contributed by atoms with E-state index in [0.717, 1.165) is 5.76 Å². The van der Waals surface area contributed by atoms with Crippen LogP contribution in [0.15, 0.2) is 10.6 Å². The van der Waals surface area contributed by atoms with Gasteiger partial charge in [-0.25, -0.2) is 4.98 Å². The van der Waals surface area contributed by atoms with Crippen molar-refractivity contribution >= 4 is 5.91 Å². The number of nitrogens with zero attached hydrogens (tertiary/aromatic N) is 1. The van der Waals surface area contributed by atoms with Crippen molar-refractivity contribution < 1.29 is 9.21 Å². The number of nitrogens with one attached hydrogen (secondary N) is 2. The first-order chi connectivity index (χ1) is 8.19. The van der Waals surface area contributed by atoms with Crippen molar-refractivity contribution in [2.45, 2.75) is 59.2 Å². The third-order valence-electron chi connectivity index (χ3n) is 2.40. The molecule has 18 heavy (non-hydrogen) atoms. The number of aromatic nitrogens is 1. The van der Waals surface area contributed by atoms with Gasteiger partial charge in [0.05, 0.1) is 18.3 Å². The Kier molecular flexibility index (Phi) is 4.51. The van der Waals surface area contributed by atoms with Crippen molar-refractivity contribution in [1.29, 1.82) is 0 Å². The SMILES string of the molecule is Cc1cnc(C(C)NC(C)C(=O)NC(C)(C)C)o1. The Bertz CT molecular complexity index is 407. The zero-order valence-electron chi connectivity index (χ0n) is 12.0. The Balaban J connectivity index is 2.54. The number of carbonyl (C=O) groups is 1. The fourth-order valence-corrected chi connectivity index (χ4v) is 1.57. The fraction of sp³-hybridized carbons (Fsp3) is 0.692. The summed E-state index contributed by atoms with van der Waals surface area (Å²) in [5, 5.41) is 6.09. The van der Waals surface area contributed by atoms with Gasteiger partial charge in [0.25, 0.3) is 0 Å². The molecule has 102 valence electrons. The molecule has 2 unspecified atom stereocenters. The summed E-state index contributed by atoms with van der Waals surface area (Å²) >= 11 is 0. The van der Waals surface area contributed by atoms with Gasteiger partial charge < -0.3 is 9.73 Å². The van der Waals surface area contributed by atoms with Gasteiger partial charge in [0.2, 0.25) is 11.8 Å². The fourth-order valence-electron chi connectivity index (χ4n) is 1.57. The normalized spacial score (nSPS) is 15.2. The highest BCUT2D eigenvalue weighted by molar-refractivity contribution is 5.81. The van der Waals surface area contributed by atoms with Crippen LogP contribution in [-0.4, -0.2) is 22.5 Å². The molecule has 5 nitrogen and oxygen atoms in total. The second-order valence-corrected chi connectivity index (χ2v) is 5.66. The molecule has 1 aromatic heterocycles. The predicted octanol–water partition coefficient (Wildman–Crippen LogP) is 1.94. The Labute approximate surface area is 108 Å². The smallest absolute Gasteiger partial charge is 0.237 e. The van der Waals surface area contributed by atoms with E-state index in [-0.39, 0.29) is 23.5 Å². The number of hydrogen-bond donors (Lipinski definition) is 2. The van der Waals surface area contributed by atoms with Crippen LogP contribution >= 0.6 is 0 Å². The Morgan fingerprint density at radius 1 is 1.39 bits per heavy atom. The molecule has 0 spiro atoms. The minimum absolute atomic E-state index is 0.0300. The first kappa shape index (κ1) is 14.7. The van der Waals surface area contributed by atoms with Gasteiger partial charge in [-0.05, 0) is 41.5 Å². The van der Waals surface area contributed by atoms with E-state index in [1.807, 2.05) is 41.5 Å². The van der Waals surface area contributed by atoms with Gasteiger partial charge in [0, 0.05) is 5.54 Å². The van der Waals surface area contributed by atoms with Crippen LogP contribution in [0, 0.1) is 6.92 Å². The molecule has 0 saturated carbocycles. The molecule has 1 rings (SSSR count). The maximum atomic E-state index is 11.9. The van der Waals surface area contributed by atoms with Crippen molar-refractivity contribution in [2.75, 3.05) is 0 Å². The van der Waals surface area contributed by atoms with Crippen LogP contribution in [0.4, 0.5) is 0 Å². The Hall–Kier alpha value is -1.36. The van der Waals surface area contributed by atoms with Gasteiger partial charge in [-0.15, -0.1) is 0 Å². The van der Waals surface area contributed by atoms with Crippen molar-refractivity contribution in [2.24, 2.45) is 0 Å². The lowest BCUT2D eigenvalue weighted by Gasteiger charge is -2.24. The molecule has 0 aliphatic rings. The quantitative estimate of drug-likeness (QED) is 0.860. The van der Waals surface area contributed by atoms with Gasteiger partial charge in [-0.1, -0.05) is 0 Å². The van der Waals surface area contributed by atoms with Gasteiger partial charge in [0.1, 0.15) is 5.76 Å². The molecule has 0 radical (unpaired) electrons. The standard InChI is InChI=1S/C13H23N3O2/c1-8-7-14-12(18-8)10(3)15-9(2)11(17)16-13(4,5)6/h7,9-10,15H,1-6H3,(H,16,17). The summed E-state index contributed by atoms with van der Waals surface area (Å²) in [5.41, 5.74) is -0.226. The molecule has 2 atom stereocenters. The summed E-state index contributed by atoms with van der Waals surface area (Å²) in [7, 11) is 0. The third kappa shape index (κ3) is 4.49. The van der Waals surface area contributed by atoms with Crippen LogP contribution < -0.4 is 10.6 Å². The van der Waals surface area contributed by atoms with Crippen molar-refractivity contribution in [3.63, 3.8) is 0 Å². The molecular formula is C13H23N3O2. The molecule has 1 amide bonds. The van der Waals surface area contributed by atoms with E-state index in [1.54, 1.807) is 6.20 Å². The van der Waals surface area contributed by atoms with Crippen molar-refractivity contribution in [3.8, 4) is 0 Å². The molecule has 1 aromatic rings. The number of amides is 1. The summed E-state index contributed by atoms with van der Waals surface area (Å²) < 4.78 is 5.42. The molecule has 1 heterocycles. The largest absolute Gasteiger partial charge is 0.444 e. The topological polar surface area (TPSA) is 67.2 Å². The lowest BCUT2D eigenvalue weighted by molar-refractivity contribution is -0.124. The van der Waals surface area contributed by atoms with E-state index >= 15 is 0 Å². The summed E-state index contributed by atoms with van der Waals surface area (Å²) in [4.78, 5) is 16.0. The van der Waals surface area contributed by atoms with Crippen LogP contribution in [0.25, 0.3) is 0 Å². The van der Waals surface area contributed by atoms with E-state index in [2.05, 4.69) is 15.6 Å². The van der Waals surface area contributed by atoms with E-state index in [1.165, 1.54) is 0 Å². The molecule has 0 bridgehead atoms. The summed E-state index contributed by atoms with van der Waals surface area (Å²) in [6.07, 6.45) is 1.67. The van der Waals surface area contributed by atoms with E-state index in [4.69, 9.17) is 4.42 Å². The highest BCUT2D eigenvalue weighted by Gasteiger charge is 2.22. The Morgan fingerprint density at radius 3 is 2.44 bits per heavy atom. The predicted molar refractivity (Wildman–Crippen MR) is 70.1 cm³/mol. The minimum atomic E-state index is -0.300. The van der Waals surface area contributed by atoms with Crippen LogP contribution in [0.5, 0.6) is 0 Å². The maximum absolute atomic E-state index is 11.9. The second kappa shape index (κ2) is 5.52. The number of aryl methyl sites for hydroxylation is 1. The zero-order chi connectivity index (χ0) is 13.9. The zero-order valence-corrected chi connectivity index (χ0v) is 12.0. The molecule has 2 N–H and O–H groups in total. The van der Waals surface area contributed by atoms with Crippen LogP contribution in [0.2, 0.25) is 0 Å². The van der Waals surface area contributed by atoms with Gasteiger partial charge in [0.15, 0.2) is 0 Å². The molecular weight excluding hydrogens is 230 g/mol. The molecule has 0 saturated heterocycles. The molecule has 5 heteroatoms. The minimum Gasteiger partial charge on any atom is -0.444 e. The highest BCUT2D eigenvalue weighted by Crippen LogP contribution is 2.12. The van der Waals surface area contributed by atoms with Gasteiger partial charge in [-0.3, -0.25) is 10.1 Å². The van der Waals surface area contributed by atoms with Crippen LogP contribution in [0.1, 0.15) is 52.3 Å². The number of rotatable bonds is 4. The monoisotopic (exact) mass is 253 g/mol. The van der Waals surface area contributed by atoms with Crippen molar-refractivity contribution in [1.82, 2.24) is 15.6 Å². The molecule has 0 aliphatic carbocycles. The van der Waals surface area contributed by atoms with Gasteiger partial charge in [-0.2, -0.15) is 0 Å². The maximum Gasteiger partial charge on any atom is 0.237 e. The average Bonchev–Trinajstić information content (AvgIpc) is 2.62. The average molecular weight is 253 g/mol. The van der Waals surface area contributed by atoms with Crippen LogP contribution in [0.3, 0.4) is 0 Å². The summed E-state index contributed by atoms with van der Waals surface area (Å²) in [5.74, 6) is 1.34. The lowest BCUT2D eigenvalue weighted by Crippen LogP contribution is -2.50. The van der Waals surface area contributed by atoms with E-state index < -0.39 is 0 Å². The number of carbonyl (C=O) groups excluding carboxylic acids is 1. The van der Waals surface area contributed by atoms with Crippen LogP contribution in [-0.2, 0) is 4.79 Å². The van der Waals surface area contributed by atoms with Gasteiger partial charge >= 0.3 is 0 Å². The van der Waals surface area contributed by atoms with E-state index in [0.29, 0.717) is 5.89 Å². The second-order valence-electron chi connectivity index (χ2n) is 5.66. The summed E-state index contributed by atoms with van der Waals surface area (Å²) in [6, 6.07) is -0.397. The van der Waals surface area contributed by atoms with Crippen molar-refractivity contribution in [3.05, 3.63) is 17.8 Å². The lowest BCUT2D eigenvalue weighted by atomic mass is 10.1. The molecule has 0 aromatic carbocycles. The number of oxazole rings is 1. The van der Waals surface area contributed by atoms with E-state index in [9.17, 15) is 4.79 Å². The third-order valence-corrected chi connectivity index (χ3v) is 2.40. The first-order valence-electron chi connectivity index (χ1n) is 6.19. The highest BCUT2D eigenvalue weighted by atomic mass is 16.4. The number of hydrogen-bond acceptors (Lipinski definition) is 4. The first-order valence-corrected chi connectivity index (χ1v) is 6.19. The molecule has 0 fully saturated rings. The molecule has 0 aliphatic heterocycles. The summed E-state index contributed by atoms with van der Waals surface area (Å²) in [6.45, 7) is 11.5.